The molecular formula is C9H19N3O2. The number of nitrogens with one attached hydrogen (secondary N) is 3. The van der Waals surface area contributed by atoms with Gasteiger partial charge in [-0.05, 0) is 19.9 Å². The molecule has 0 aromatic carbocycles. The average molecular weight is 201 g/mol. The van der Waals surface area contributed by atoms with Crippen LogP contribution in [0.3, 0.4) is 0 Å². The van der Waals surface area contributed by atoms with Gasteiger partial charge >= 0.3 is 0 Å². The predicted molar refractivity (Wildman–Crippen MR) is 52.2 cm³/mol. The molecule has 0 saturated carbocycles. The number of likely N-dealkylation sites (N-methyl/N-ethyl adjacent to an activating group) is 1. The summed E-state index contributed by atoms with van der Waals surface area (Å²) in [6.07, 6.45) is 1.31. The van der Waals surface area contributed by atoms with Crippen LogP contribution in [0.25, 0.3) is 0 Å². The number of rotatable bonds is 6. The largest absolute Gasteiger partial charge is 0.548 e. The lowest BCUT2D eigenvalue weighted by molar-refractivity contribution is -0.784. The Labute approximate surface area is 84.6 Å². The summed E-state index contributed by atoms with van der Waals surface area (Å²) in [5.74, 6) is -0.490. The van der Waals surface area contributed by atoms with Gasteiger partial charge in [-0.1, -0.05) is 0 Å². The molecule has 0 aliphatic rings. The summed E-state index contributed by atoms with van der Waals surface area (Å²) in [7, 11) is 3.51. The molecule has 0 radical (unpaired) electrons. The van der Waals surface area contributed by atoms with E-state index >= 15 is 0 Å². The van der Waals surface area contributed by atoms with Gasteiger partial charge in [0.05, 0.1) is 19.6 Å². The van der Waals surface area contributed by atoms with Crippen LogP contribution in [0.1, 0.15) is 19.8 Å². The zero-order chi connectivity index (χ0) is 11.1. The van der Waals surface area contributed by atoms with Gasteiger partial charge in [0.1, 0.15) is 0 Å². The highest BCUT2D eigenvalue weighted by Crippen LogP contribution is 1.93. The Kier molecular flexibility index (Phi) is 6.07. The molecule has 14 heavy (non-hydrogen) atoms. The van der Waals surface area contributed by atoms with E-state index in [4.69, 9.17) is 5.41 Å². The van der Waals surface area contributed by atoms with Gasteiger partial charge < -0.3 is 15.2 Å². The van der Waals surface area contributed by atoms with Crippen molar-refractivity contribution in [3.8, 4) is 0 Å². The van der Waals surface area contributed by atoms with Gasteiger partial charge in [-0.25, -0.2) is 0 Å². The van der Waals surface area contributed by atoms with E-state index < -0.39 is 12.0 Å². The van der Waals surface area contributed by atoms with Crippen molar-refractivity contribution in [2.24, 2.45) is 0 Å². The Balaban J connectivity index is 3.71. The number of aliphatic carboxylic acids is 1. The Morgan fingerprint density at radius 2 is 2.21 bits per heavy atom. The summed E-state index contributed by atoms with van der Waals surface area (Å²) in [6, 6.07) is -0.575. The maximum Gasteiger partial charge on any atom is 0.190 e. The molecule has 0 fully saturated rings. The SMILES string of the molecule is CN[C@@H](CCC[NH+](C)C(C)=N)C(=O)[O-]. The minimum absolute atomic E-state index is 0.545. The number of hydrogen-bond donors (Lipinski definition) is 3. The van der Waals surface area contributed by atoms with Crippen molar-refractivity contribution in [1.82, 2.24) is 5.32 Å². The first-order chi connectivity index (χ1) is 6.49. The molecule has 5 nitrogen and oxygen atoms in total. The molecule has 0 aliphatic carbocycles. The molecule has 82 valence electrons. The third kappa shape index (κ3) is 4.94. The molecule has 0 saturated heterocycles. The number of carboxylic acids is 1. The predicted octanol–water partition coefficient (Wildman–Crippen LogP) is -2.38. The Hall–Kier alpha value is -0.940. The first kappa shape index (κ1) is 13.1. The van der Waals surface area contributed by atoms with Gasteiger partial charge in [0, 0.05) is 13.0 Å². The van der Waals surface area contributed by atoms with Crippen LogP contribution >= 0.6 is 0 Å². The average Bonchev–Trinajstić information content (AvgIpc) is 2.11. The maximum atomic E-state index is 10.5. The van der Waals surface area contributed by atoms with Gasteiger partial charge in [-0.3, -0.25) is 10.3 Å². The second-order valence-electron chi connectivity index (χ2n) is 3.46. The Bertz CT molecular complexity index is 206. The number of carbonyl (C=O) groups excluding carboxylic acids is 1. The van der Waals surface area contributed by atoms with Crippen LogP contribution in [0.2, 0.25) is 0 Å². The highest BCUT2D eigenvalue weighted by atomic mass is 16.4. The van der Waals surface area contributed by atoms with Gasteiger partial charge in [0.15, 0.2) is 5.84 Å². The molecule has 0 bridgehead atoms. The van der Waals surface area contributed by atoms with Crippen molar-refractivity contribution in [1.29, 1.82) is 5.41 Å². The van der Waals surface area contributed by atoms with Crippen LogP contribution in [0.4, 0.5) is 0 Å². The third-order valence-corrected chi connectivity index (χ3v) is 2.32. The quantitative estimate of drug-likeness (QED) is 0.331. The smallest absolute Gasteiger partial charge is 0.190 e. The number of amidine groups is 1. The molecule has 0 aliphatic heterocycles. The molecule has 2 atom stereocenters. The second-order valence-corrected chi connectivity index (χ2v) is 3.46. The highest BCUT2D eigenvalue weighted by Gasteiger charge is 2.09. The zero-order valence-electron chi connectivity index (χ0n) is 9.02. The second kappa shape index (κ2) is 6.50. The first-order valence-corrected chi connectivity index (χ1v) is 4.75. The third-order valence-electron chi connectivity index (χ3n) is 2.32. The summed E-state index contributed by atoms with van der Waals surface area (Å²) in [5.41, 5.74) is 0. The van der Waals surface area contributed by atoms with E-state index in [2.05, 4.69) is 5.32 Å². The molecule has 0 spiro atoms. The number of carboxylic acid groups (broad SMARTS) is 1. The fraction of sp³-hybridized carbons (Fsp3) is 0.778. The number of hydrogen-bond acceptors (Lipinski definition) is 4. The van der Waals surface area contributed by atoms with Crippen LogP contribution in [0.5, 0.6) is 0 Å². The topological polar surface area (TPSA) is 80.5 Å². The summed E-state index contributed by atoms with van der Waals surface area (Å²) >= 11 is 0. The van der Waals surface area contributed by atoms with Gasteiger partial charge in [0.2, 0.25) is 0 Å². The van der Waals surface area contributed by atoms with E-state index in [0.29, 0.717) is 12.3 Å². The van der Waals surface area contributed by atoms with E-state index in [0.717, 1.165) is 17.9 Å². The van der Waals surface area contributed by atoms with Crippen LogP contribution in [0, 0.1) is 5.41 Å². The van der Waals surface area contributed by atoms with E-state index in [-0.39, 0.29) is 0 Å². The Morgan fingerprint density at radius 3 is 2.57 bits per heavy atom. The summed E-state index contributed by atoms with van der Waals surface area (Å²) in [6.45, 7) is 2.52. The van der Waals surface area contributed by atoms with Crippen LogP contribution < -0.4 is 15.3 Å². The molecule has 0 rings (SSSR count). The van der Waals surface area contributed by atoms with Crippen molar-refractivity contribution in [2.45, 2.75) is 25.8 Å². The van der Waals surface area contributed by atoms with Crippen LogP contribution in [-0.2, 0) is 4.79 Å². The molecule has 0 amide bonds. The fourth-order valence-corrected chi connectivity index (χ4v) is 1.14. The summed E-state index contributed by atoms with van der Waals surface area (Å²) in [4.78, 5) is 11.5. The Morgan fingerprint density at radius 1 is 1.64 bits per heavy atom. The van der Waals surface area contributed by atoms with E-state index in [1.54, 1.807) is 14.0 Å². The van der Waals surface area contributed by atoms with Crippen molar-refractivity contribution in [3.05, 3.63) is 0 Å². The first-order valence-electron chi connectivity index (χ1n) is 4.75. The van der Waals surface area contributed by atoms with Gasteiger partial charge in [-0.15, -0.1) is 0 Å². The van der Waals surface area contributed by atoms with Crippen LogP contribution in [0.15, 0.2) is 0 Å². The normalized spacial score (nSPS) is 14.8. The molecular weight excluding hydrogens is 182 g/mol. The van der Waals surface area contributed by atoms with Gasteiger partial charge in [-0.2, -0.15) is 0 Å². The van der Waals surface area contributed by atoms with Crippen molar-refractivity contribution < 1.29 is 14.8 Å². The molecule has 3 N–H and O–H groups in total. The van der Waals surface area contributed by atoms with Crippen LogP contribution in [-0.4, -0.2) is 38.5 Å². The van der Waals surface area contributed by atoms with E-state index in [1.807, 2.05) is 7.05 Å². The zero-order valence-corrected chi connectivity index (χ0v) is 9.02. The highest BCUT2D eigenvalue weighted by molar-refractivity contribution is 5.71. The monoisotopic (exact) mass is 201 g/mol. The number of carbonyl (C=O) groups is 1. The fourth-order valence-electron chi connectivity index (χ4n) is 1.14. The lowest BCUT2D eigenvalue weighted by Crippen LogP contribution is -3.11. The maximum absolute atomic E-state index is 10.5. The van der Waals surface area contributed by atoms with Crippen molar-refractivity contribution in [2.75, 3.05) is 20.6 Å². The van der Waals surface area contributed by atoms with E-state index in [1.165, 1.54) is 0 Å². The molecule has 5 heteroatoms. The molecule has 0 aromatic heterocycles. The molecule has 0 aromatic rings. The minimum atomic E-state index is -1.06. The standard InChI is InChI=1S/C9H19N3O2/c1-7(10)12(3)6-4-5-8(11-2)9(13)14/h8,10-11H,4-6H2,1-3H3,(H,13,14)/t8-/m0/s1. The number of quaternary nitrogens is 1. The van der Waals surface area contributed by atoms with Crippen molar-refractivity contribution in [3.63, 3.8) is 0 Å². The molecule has 1 unspecified atom stereocenters. The van der Waals surface area contributed by atoms with E-state index in [9.17, 15) is 9.90 Å². The molecule has 0 heterocycles. The van der Waals surface area contributed by atoms with Gasteiger partial charge in [0.25, 0.3) is 0 Å². The lowest BCUT2D eigenvalue weighted by atomic mass is 10.1. The summed E-state index contributed by atoms with van der Waals surface area (Å²) in [5, 5.41) is 20.5. The lowest BCUT2D eigenvalue weighted by Gasteiger charge is -2.18. The van der Waals surface area contributed by atoms with Crippen molar-refractivity contribution >= 4 is 11.8 Å². The summed E-state index contributed by atoms with van der Waals surface area (Å²) < 4.78 is 0. The minimum Gasteiger partial charge on any atom is -0.548 e.